The van der Waals surface area contributed by atoms with Gasteiger partial charge in [-0.05, 0) is 37.5 Å². The zero-order valence-corrected chi connectivity index (χ0v) is 21.8. The summed E-state index contributed by atoms with van der Waals surface area (Å²) < 4.78 is 60.7. The van der Waals surface area contributed by atoms with Crippen LogP contribution in [0.5, 0.6) is 11.5 Å². The molecule has 0 unspecified atom stereocenters. The Morgan fingerprint density at radius 1 is 1.16 bits per heavy atom. The number of hydrogen-bond donors (Lipinski definition) is 0. The van der Waals surface area contributed by atoms with E-state index in [2.05, 4.69) is 4.98 Å². The van der Waals surface area contributed by atoms with Crippen molar-refractivity contribution < 1.29 is 31.2 Å². The number of anilines is 2. The van der Waals surface area contributed by atoms with E-state index in [1.807, 2.05) is 0 Å². The Morgan fingerprint density at radius 2 is 1.92 bits per heavy atom. The summed E-state index contributed by atoms with van der Waals surface area (Å²) in [5.74, 6) is -0.274. The third-order valence-electron chi connectivity index (χ3n) is 6.23. The first-order chi connectivity index (χ1) is 17.7. The van der Waals surface area contributed by atoms with Crippen LogP contribution in [0.4, 0.5) is 15.8 Å². The molecule has 37 heavy (non-hydrogen) atoms. The highest BCUT2D eigenvalue weighted by molar-refractivity contribution is 7.85. The van der Waals surface area contributed by atoms with Crippen molar-refractivity contribution in [2.75, 3.05) is 51.7 Å². The first-order valence-corrected chi connectivity index (χ1v) is 13.7. The number of nitrogens with zero attached hydrogens (tertiary/aromatic N) is 3. The van der Waals surface area contributed by atoms with Crippen LogP contribution in [0.2, 0.25) is 0 Å². The number of halogens is 1. The number of benzene rings is 2. The van der Waals surface area contributed by atoms with Gasteiger partial charge in [-0.3, -0.25) is 13.5 Å². The van der Waals surface area contributed by atoms with Crippen molar-refractivity contribution in [2.24, 2.45) is 0 Å². The molecule has 0 amide bonds. The van der Waals surface area contributed by atoms with Gasteiger partial charge in [0.05, 0.1) is 50.0 Å². The smallest absolute Gasteiger partial charge is 0.264 e. The van der Waals surface area contributed by atoms with E-state index in [9.17, 15) is 13.2 Å². The summed E-state index contributed by atoms with van der Waals surface area (Å²) in [5, 5.41) is 0.388. The highest BCUT2D eigenvalue weighted by Gasteiger charge is 2.22. The summed E-state index contributed by atoms with van der Waals surface area (Å²) in [6.07, 6.45) is 4.22. The van der Waals surface area contributed by atoms with E-state index in [0.717, 1.165) is 6.26 Å². The maximum atomic E-state index is 15.5. The number of hydrogen-bond acceptors (Lipinski definition) is 9. The van der Waals surface area contributed by atoms with Gasteiger partial charge in [-0.1, -0.05) is 0 Å². The Bertz CT molecular complexity index is 1420. The third-order valence-corrected chi connectivity index (χ3v) is 6.82. The highest BCUT2D eigenvalue weighted by atomic mass is 32.2. The molecule has 2 aromatic carbocycles. The molecule has 1 aliphatic heterocycles. The monoisotopic (exact) mass is 535 g/mol. The number of rotatable bonds is 10. The predicted octanol–water partition coefficient (Wildman–Crippen LogP) is 3.41. The van der Waals surface area contributed by atoms with Crippen molar-refractivity contribution in [1.29, 1.82) is 0 Å². The molecule has 10 nitrogen and oxygen atoms in total. The van der Waals surface area contributed by atoms with Crippen LogP contribution in [0.3, 0.4) is 0 Å². The molecule has 0 atom stereocenters. The first-order valence-electron chi connectivity index (χ1n) is 11.8. The Hall–Kier alpha value is -3.22. The first kappa shape index (κ1) is 26.8. The Balaban J connectivity index is 1.78. The van der Waals surface area contributed by atoms with Gasteiger partial charge in [0.1, 0.15) is 5.75 Å². The molecule has 3 aromatic rings. The van der Waals surface area contributed by atoms with Crippen molar-refractivity contribution >= 4 is 32.4 Å². The maximum absolute atomic E-state index is 15.5. The zero-order chi connectivity index (χ0) is 26.6. The molecule has 1 aromatic heterocycles. The normalized spacial score (nSPS) is 14.6. The largest absolute Gasteiger partial charge is 0.497 e. The molecule has 0 radical (unpaired) electrons. The quantitative estimate of drug-likeness (QED) is 0.285. The lowest BCUT2D eigenvalue weighted by Gasteiger charge is -2.27. The van der Waals surface area contributed by atoms with Crippen LogP contribution >= 0.6 is 0 Å². The molecule has 1 aliphatic rings. The van der Waals surface area contributed by atoms with Crippen molar-refractivity contribution in [2.45, 2.75) is 25.3 Å². The summed E-state index contributed by atoms with van der Waals surface area (Å²) in [7, 11) is -0.812. The minimum atomic E-state index is -3.62. The fraction of sp³-hybridized carbons (Fsp3) is 0.440. The van der Waals surface area contributed by atoms with Crippen LogP contribution in [0.1, 0.15) is 25.3 Å². The molecular formula is C25H30FN3O7S. The minimum Gasteiger partial charge on any atom is -0.497 e. The summed E-state index contributed by atoms with van der Waals surface area (Å²) in [6, 6.07) is 8.05. The topological polar surface area (TPSA) is 109 Å². The zero-order valence-electron chi connectivity index (χ0n) is 21.0. The molecule has 200 valence electrons. The van der Waals surface area contributed by atoms with E-state index in [1.54, 1.807) is 34.0 Å². The van der Waals surface area contributed by atoms with E-state index in [4.69, 9.17) is 18.4 Å². The third kappa shape index (κ3) is 6.20. The van der Waals surface area contributed by atoms with Crippen molar-refractivity contribution in [1.82, 2.24) is 9.55 Å². The summed E-state index contributed by atoms with van der Waals surface area (Å²) in [5.41, 5.74) is 0.983. The second-order valence-electron chi connectivity index (χ2n) is 8.70. The van der Waals surface area contributed by atoms with Crippen molar-refractivity contribution in [3.63, 3.8) is 0 Å². The van der Waals surface area contributed by atoms with Crippen LogP contribution < -0.4 is 19.9 Å². The Kier molecular flexibility index (Phi) is 8.30. The second kappa shape index (κ2) is 11.4. The molecule has 2 heterocycles. The van der Waals surface area contributed by atoms with Gasteiger partial charge < -0.3 is 19.1 Å². The van der Waals surface area contributed by atoms with Crippen LogP contribution in [0.15, 0.2) is 41.5 Å². The maximum Gasteiger partial charge on any atom is 0.264 e. The van der Waals surface area contributed by atoms with E-state index in [0.29, 0.717) is 48.4 Å². The van der Waals surface area contributed by atoms with Gasteiger partial charge in [-0.2, -0.15) is 8.42 Å². The van der Waals surface area contributed by atoms with Crippen LogP contribution in [-0.2, 0) is 19.0 Å². The second-order valence-corrected chi connectivity index (χ2v) is 10.3. The van der Waals surface area contributed by atoms with Gasteiger partial charge in [-0.25, -0.2) is 9.37 Å². The summed E-state index contributed by atoms with van der Waals surface area (Å²) in [4.78, 5) is 19.5. The molecule has 0 aliphatic carbocycles. The predicted molar refractivity (Wildman–Crippen MR) is 137 cm³/mol. The van der Waals surface area contributed by atoms with Crippen LogP contribution in [0, 0.1) is 5.82 Å². The van der Waals surface area contributed by atoms with Crippen molar-refractivity contribution in [3.05, 3.63) is 52.8 Å². The lowest BCUT2D eigenvalue weighted by Crippen LogP contribution is -2.29. The standard InChI is InChI=1S/C25H30FN3O7S/c1-33-19-14-22(24(26)23(15-19)34-2)28(9-4-10-36-37(3,31)32)18-5-6-21-20(13-18)25(30)29(16-27-21)17-7-11-35-12-8-17/h5-6,13-17H,4,7-12H2,1-3H3. The number of fused-ring (bicyclic) bond motifs is 1. The fourth-order valence-electron chi connectivity index (χ4n) is 4.36. The molecule has 4 rings (SSSR count). The van der Waals surface area contributed by atoms with Gasteiger partial charge >= 0.3 is 0 Å². The SMILES string of the molecule is COc1cc(OC)c(F)c(N(CCCOS(C)(=O)=O)c2ccc3ncn(C4CCOCC4)c(=O)c3c2)c1. The molecule has 0 bridgehead atoms. The number of ether oxygens (including phenoxy) is 3. The molecule has 12 heteroatoms. The molecule has 0 N–H and O–H groups in total. The molecule has 1 fully saturated rings. The van der Waals surface area contributed by atoms with E-state index in [-0.39, 0.29) is 42.6 Å². The minimum absolute atomic E-state index is 0.00820. The molecular weight excluding hydrogens is 505 g/mol. The van der Waals surface area contributed by atoms with Gasteiger partial charge in [0, 0.05) is 43.6 Å². The molecule has 1 saturated heterocycles. The van der Waals surface area contributed by atoms with Gasteiger partial charge in [-0.15, -0.1) is 0 Å². The van der Waals surface area contributed by atoms with E-state index >= 15 is 4.39 Å². The molecule has 0 spiro atoms. The average Bonchev–Trinajstić information content (AvgIpc) is 2.89. The van der Waals surface area contributed by atoms with Crippen LogP contribution in [0.25, 0.3) is 10.9 Å². The van der Waals surface area contributed by atoms with Gasteiger partial charge in [0.2, 0.25) is 0 Å². The van der Waals surface area contributed by atoms with E-state index in [1.165, 1.54) is 26.4 Å². The highest BCUT2D eigenvalue weighted by Crippen LogP contribution is 2.37. The fourth-order valence-corrected chi connectivity index (χ4v) is 4.78. The summed E-state index contributed by atoms with van der Waals surface area (Å²) in [6.45, 7) is 1.25. The lowest BCUT2D eigenvalue weighted by molar-refractivity contribution is 0.0685. The summed E-state index contributed by atoms with van der Waals surface area (Å²) >= 11 is 0. The van der Waals surface area contributed by atoms with Crippen molar-refractivity contribution in [3.8, 4) is 11.5 Å². The van der Waals surface area contributed by atoms with Gasteiger partial charge in [0.25, 0.3) is 15.7 Å². The lowest BCUT2D eigenvalue weighted by atomic mass is 10.1. The number of aromatic nitrogens is 2. The van der Waals surface area contributed by atoms with E-state index < -0.39 is 15.9 Å². The van der Waals surface area contributed by atoms with Gasteiger partial charge in [0.15, 0.2) is 11.6 Å². The molecule has 0 saturated carbocycles. The average molecular weight is 536 g/mol. The van der Waals surface area contributed by atoms with Crippen LogP contribution in [-0.4, -0.2) is 64.8 Å². The Labute approximate surface area is 214 Å². The number of methoxy groups -OCH3 is 2. The Morgan fingerprint density at radius 3 is 2.59 bits per heavy atom.